The van der Waals surface area contributed by atoms with E-state index in [1.54, 1.807) is 0 Å². The van der Waals surface area contributed by atoms with E-state index in [-0.39, 0.29) is 0 Å². The van der Waals surface area contributed by atoms with Gasteiger partial charge in [-0.3, -0.25) is 0 Å². The van der Waals surface area contributed by atoms with Crippen molar-refractivity contribution >= 4 is 11.8 Å². The van der Waals surface area contributed by atoms with Gasteiger partial charge in [0.25, 0.3) is 0 Å². The normalized spacial score (nSPS) is 26.5. The Kier molecular flexibility index (Phi) is 4.40. The van der Waals surface area contributed by atoms with Crippen molar-refractivity contribution in [2.75, 3.05) is 32.1 Å². The van der Waals surface area contributed by atoms with E-state index in [2.05, 4.69) is 43.0 Å². The maximum Gasteiger partial charge on any atom is 0.0169 e. The lowest BCUT2D eigenvalue weighted by molar-refractivity contribution is 0.334. The highest BCUT2D eigenvalue weighted by Crippen LogP contribution is 2.17. The Bertz CT molecular complexity index is 122. The van der Waals surface area contributed by atoms with Crippen LogP contribution in [0, 0.1) is 0 Å². The Hall–Kier alpha value is 0.270. The third-order valence-corrected chi connectivity index (χ3v) is 3.25. The number of nitrogens with one attached hydrogen (secondary N) is 1. The number of hydrogen-bond donors (Lipinski definition) is 1. The van der Waals surface area contributed by atoms with E-state index < -0.39 is 0 Å². The van der Waals surface area contributed by atoms with Crippen molar-refractivity contribution in [2.24, 2.45) is 0 Å². The van der Waals surface area contributed by atoms with E-state index >= 15 is 0 Å². The highest BCUT2D eigenvalue weighted by molar-refractivity contribution is 7.99. The Morgan fingerprint density at radius 1 is 1.58 bits per heavy atom. The SMILES string of the molecule is CC(CN(C)C)NC1CCSC1. The molecule has 1 N–H and O–H groups in total. The van der Waals surface area contributed by atoms with Crippen molar-refractivity contribution in [1.82, 2.24) is 10.2 Å². The van der Waals surface area contributed by atoms with Crippen molar-refractivity contribution in [3.8, 4) is 0 Å². The maximum atomic E-state index is 3.65. The van der Waals surface area contributed by atoms with Crippen LogP contribution in [0.25, 0.3) is 0 Å². The molecule has 2 atom stereocenters. The van der Waals surface area contributed by atoms with Crippen LogP contribution >= 0.6 is 11.8 Å². The maximum absolute atomic E-state index is 3.65. The van der Waals surface area contributed by atoms with Gasteiger partial charge in [0, 0.05) is 24.4 Å². The first-order chi connectivity index (χ1) is 5.68. The summed E-state index contributed by atoms with van der Waals surface area (Å²) in [7, 11) is 4.25. The summed E-state index contributed by atoms with van der Waals surface area (Å²) >= 11 is 2.07. The van der Waals surface area contributed by atoms with Crippen LogP contribution in [-0.4, -0.2) is 49.1 Å². The molecule has 1 heterocycles. The summed E-state index contributed by atoms with van der Waals surface area (Å²) in [6.07, 6.45) is 1.35. The summed E-state index contributed by atoms with van der Waals surface area (Å²) in [4.78, 5) is 2.24. The fourth-order valence-corrected chi connectivity index (χ4v) is 2.83. The molecule has 2 nitrogen and oxygen atoms in total. The van der Waals surface area contributed by atoms with Crippen molar-refractivity contribution < 1.29 is 0 Å². The van der Waals surface area contributed by atoms with E-state index in [9.17, 15) is 0 Å². The highest BCUT2D eigenvalue weighted by Gasteiger charge is 2.16. The molecule has 0 spiro atoms. The Morgan fingerprint density at radius 2 is 2.33 bits per heavy atom. The molecule has 1 fully saturated rings. The van der Waals surface area contributed by atoms with Crippen LogP contribution in [0.5, 0.6) is 0 Å². The summed E-state index contributed by atoms with van der Waals surface area (Å²) < 4.78 is 0. The van der Waals surface area contributed by atoms with Gasteiger partial charge >= 0.3 is 0 Å². The molecule has 0 saturated carbocycles. The summed E-state index contributed by atoms with van der Waals surface area (Å²) in [6, 6.07) is 1.40. The van der Waals surface area contributed by atoms with Gasteiger partial charge in [0.05, 0.1) is 0 Å². The van der Waals surface area contributed by atoms with Gasteiger partial charge in [0.1, 0.15) is 0 Å². The van der Waals surface area contributed by atoms with Crippen LogP contribution in [0.1, 0.15) is 13.3 Å². The molecule has 12 heavy (non-hydrogen) atoms. The van der Waals surface area contributed by atoms with Crippen LogP contribution in [0.3, 0.4) is 0 Å². The lowest BCUT2D eigenvalue weighted by Crippen LogP contribution is -2.42. The van der Waals surface area contributed by atoms with Gasteiger partial charge in [-0.1, -0.05) is 0 Å². The summed E-state index contributed by atoms with van der Waals surface area (Å²) in [5.41, 5.74) is 0. The zero-order valence-electron chi connectivity index (χ0n) is 8.34. The molecule has 0 aliphatic carbocycles. The molecule has 0 bridgehead atoms. The molecule has 72 valence electrons. The van der Waals surface area contributed by atoms with E-state index in [4.69, 9.17) is 0 Å². The van der Waals surface area contributed by atoms with Crippen molar-refractivity contribution in [2.45, 2.75) is 25.4 Å². The average molecular weight is 188 g/mol. The lowest BCUT2D eigenvalue weighted by atomic mass is 10.2. The van der Waals surface area contributed by atoms with Crippen LogP contribution in [0.4, 0.5) is 0 Å². The van der Waals surface area contributed by atoms with Gasteiger partial charge in [0.15, 0.2) is 0 Å². The molecular formula is C9H20N2S. The predicted octanol–water partition coefficient (Wildman–Crippen LogP) is 1.03. The lowest BCUT2D eigenvalue weighted by Gasteiger charge is -2.21. The molecule has 1 rings (SSSR count). The largest absolute Gasteiger partial charge is 0.309 e. The minimum atomic E-state index is 0.628. The van der Waals surface area contributed by atoms with E-state index in [1.807, 2.05) is 0 Å². The third-order valence-electron chi connectivity index (χ3n) is 2.09. The number of thioether (sulfide) groups is 1. The first-order valence-corrected chi connectivity index (χ1v) is 5.82. The van der Waals surface area contributed by atoms with Gasteiger partial charge in [-0.25, -0.2) is 0 Å². The predicted molar refractivity (Wildman–Crippen MR) is 56.9 cm³/mol. The number of hydrogen-bond acceptors (Lipinski definition) is 3. The van der Waals surface area contributed by atoms with E-state index in [0.29, 0.717) is 6.04 Å². The zero-order valence-corrected chi connectivity index (χ0v) is 9.16. The third kappa shape index (κ3) is 3.78. The second-order valence-electron chi connectivity index (χ2n) is 3.89. The Morgan fingerprint density at radius 3 is 2.83 bits per heavy atom. The monoisotopic (exact) mass is 188 g/mol. The first-order valence-electron chi connectivity index (χ1n) is 4.67. The molecule has 1 saturated heterocycles. The molecule has 0 radical (unpaired) electrons. The summed E-state index contributed by atoms with van der Waals surface area (Å²) in [5.74, 6) is 2.64. The number of nitrogens with zero attached hydrogens (tertiary/aromatic N) is 1. The summed E-state index contributed by atoms with van der Waals surface area (Å²) in [5, 5.41) is 3.65. The first kappa shape index (κ1) is 10.4. The molecule has 0 aromatic carbocycles. The van der Waals surface area contributed by atoms with Crippen molar-refractivity contribution in [1.29, 1.82) is 0 Å². The highest BCUT2D eigenvalue weighted by atomic mass is 32.2. The molecule has 1 aliphatic rings. The Balaban J connectivity index is 2.11. The zero-order chi connectivity index (χ0) is 8.97. The Labute approximate surface area is 80.1 Å². The molecule has 2 unspecified atom stereocenters. The average Bonchev–Trinajstić information content (AvgIpc) is 2.37. The van der Waals surface area contributed by atoms with E-state index in [0.717, 1.165) is 12.6 Å². The van der Waals surface area contributed by atoms with Gasteiger partial charge in [-0.05, 0) is 33.2 Å². The minimum Gasteiger partial charge on any atom is -0.309 e. The molecule has 0 aromatic rings. The van der Waals surface area contributed by atoms with Gasteiger partial charge in [-0.15, -0.1) is 0 Å². The second kappa shape index (κ2) is 5.10. The second-order valence-corrected chi connectivity index (χ2v) is 5.04. The van der Waals surface area contributed by atoms with Gasteiger partial charge in [0.2, 0.25) is 0 Å². The van der Waals surface area contributed by atoms with E-state index in [1.165, 1.54) is 17.9 Å². The fourth-order valence-electron chi connectivity index (χ4n) is 1.67. The topological polar surface area (TPSA) is 15.3 Å². The molecule has 0 amide bonds. The quantitative estimate of drug-likeness (QED) is 0.709. The molecule has 1 aliphatic heterocycles. The number of likely N-dealkylation sites (N-methyl/N-ethyl adjacent to an activating group) is 1. The van der Waals surface area contributed by atoms with Gasteiger partial charge in [-0.2, -0.15) is 11.8 Å². The number of rotatable bonds is 4. The standard InChI is InChI=1S/C9H20N2S/c1-8(6-11(2)3)10-9-4-5-12-7-9/h8-10H,4-7H2,1-3H3. The van der Waals surface area contributed by atoms with Crippen LogP contribution in [0.15, 0.2) is 0 Å². The van der Waals surface area contributed by atoms with Crippen LogP contribution < -0.4 is 5.32 Å². The van der Waals surface area contributed by atoms with Crippen LogP contribution in [-0.2, 0) is 0 Å². The molecular weight excluding hydrogens is 168 g/mol. The molecule has 0 aromatic heterocycles. The fraction of sp³-hybridized carbons (Fsp3) is 1.00. The van der Waals surface area contributed by atoms with Crippen molar-refractivity contribution in [3.05, 3.63) is 0 Å². The minimum absolute atomic E-state index is 0.628. The van der Waals surface area contributed by atoms with Gasteiger partial charge < -0.3 is 10.2 Å². The van der Waals surface area contributed by atoms with Crippen LogP contribution in [0.2, 0.25) is 0 Å². The molecule has 3 heteroatoms. The smallest absolute Gasteiger partial charge is 0.0169 e. The van der Waals surface area contributed by atoms with Crippen molar-refractivity contribution in [3.63, 3.8) is 0 Å². The summed E-state index contributed by atoms with van der Waals surface area (Å²) in [6.45, 7) is 3.41.